The monoisotopic (exact) mass is 271 g/mol. The molecule has 2 aliphatic carbocycles. The van der Waals surface area contributed by atoms with E-state index in [0.29, 0.717) is 6.42 Å². The van der Waals surface area contributed by atoms with Crippen LogP contribution >= 0.6 is 0 Å². The zero-order valence-corrected chi connectivity index (χ0v) is 11.1. The van der Waals surface area contributed by atoms with Crippen molar-refractivity contribution in [3.63, 3.8) is 0 Å². The standard InChI is InChI=1S/C15H17N3O2/c16-18-17-12-15(7-4-13(19)20)10-8-14(9-11-15)5-2-1-3-6-14/h2-3,5-6,8-11H,1,4,7,12H2,(H,19,20). The Hall–Kier alpha value is -2.26. The molecule has 0 saturated heterocycles. The fourth-order valence-electron chi connectivity index (χ4n) is 2.49. The van der Waals surface area contributed by atoms with Gasteiger partial charge in [-0.05, 0) is 18.4 Å². The summed E-state index contributed by atoms with van der Waals surface area (Å²) < 4.78 is 0. The minimum absolute atomic E-state index is 0.0499. The zero-order valence-electron chi connectivity index (χ0n) is 11.1. The van der Waals surface area contributed by atoms with Gasteiger partial charge in [0, 0.05) is 28.7 Å². The predicted molar refractivity (Wildman–Crippen MR) is 76.9 cm³/mol. The Labute approximate surface area is 117 Å². The van der Waals surface area contributed by atoms with Crippen molar-refractivity contribution in [1.29, 1.82) is 0 Å². The van der Waals surface area contributed by atoms with E-state index in [1.165, 1.54) is 0 Å². The summed E-state index contributed by atoms with van der Waals surface area (Å²) in [5.41, 5.74) is 7.80. The van der Waals surface area contributed by atoms with E-state index < -0.39 is 11.4 Å². The van der Waals surface area contributed by atoms with Gasteiger partial charge in [0.1, 0.15) is 0 Å². The fraction of sp³-hybridized carbons (Fsp3) is 0.400. The van der Waals surface area contributed by atoms with Crippen molar-refractivity contribution in [3.05, 3.63) is 59.1 Å². The number of rotatable bonds is 5. The van der Waals surface area contributed by atoms with Crippen LogP contribution in [0, 0.1) is 10.8 Å². The molecule has 1 spiro atoms. The van der Waals surface area contributed by atoms with E-state index in [-0.39, 0.29) is 18.4 Å². The molecular formula is C15H17N3O2. The average Bonchev–Trinajstić information content (AvgIpc) is 2.47. The second-order valence-electron chi connectivity index (χ2n) is 5.22. The molecule has 5 nitrogen and oxygen atoms in total. The zero-order chi connectivity index (χ0) is 14.5. The molecule has 2 aliphatic rings. The van der Waals surface area contributed by atoms with Gasteiger partial charge < -0.3 is 5.11 Å². The number of carboxylic acid groups (broad SMARTS) is 1. The van der Waals surface area contributed by atoms with E-state index in [0.717, 1.165) is 6.42 Å². The molecule has 0 aromatic heterocycles. The first-order chi connectivity index (χ1) is 9.60. The Kier molecular flexibility index (Phi) is 4.11. The topological polar surface area (TPSA) is 86.1 Å². The van der Waals surface area contributed by atoms with Gasteiger partial charge in [-0.25, -0.2) is 0 Å². The second kappa shape index (κ2) is 5.80. The molecule has 2 rings (SSSR count). The minimum Gasteiger partial charge on any atom is -0.481 e. The van der Waals surface area contributed by atoms with Crippen molar-refractivity contribution in [2.45, 2.75) is 19.3 Å². The summed E-state index contributed by atoms with van der Waals surface area (Å²) >= 11 is 0. The van der Waals surface area contributed by atoms with Crippen LogP contribution in [0.1, 0.15) is 19.3 Å². The van der Waals surface area contributed by atoms with Crippen molar-refractivity contribution in [3.8, 4) is 0 Å². The minimum atomic E-state index is -0.843. The SMILES string of the molecule is [N-]=[N+]=NCC1(CCC(=O)O)C=CC2(C=CCC=C2)C=C1. The summed E-state index contributed by atoms with van der Waals surface area (Å²) in [4.78, 5) is 13.6. The molecule has 0 aromatic carbocycles. The number of hydrogen-bond acceptors (Lipinski definition) is 2. The Morgan fingerprint density at radius 2 is 1.85 bits per heavy atom. The molecule has 1 N–H and O–H groups in total. The highest BCUT2D eigenvalue weighted by atomic mass is 16.4. The number of carbonyl (C=O) groups is 1. The number of aliphatic carboxylic acids is 1. The summed E-state index contributed by atoms with van der Waals surface area (Å²) in [7, 11) is 0. The number of carboxylic acids is 1. The quantitative estimate of drug-likeness (QED) is 0.357. The van der Waals surface area contributed by atoms with Crippen LogP contribution in [0.15, 0.2) is 53.7 Å². The molecule has 0 fully saturated rings. The highest BCUT2D eigenvalue weighted by Crippen LogP contribution is 2.40. The molecule has 0 heterocycles. The normalized spacial score (nSPS) is 20.8. The van der Waals surface area contributed by atoms with Crippen LogP contribution in [0.2, 0.25) is 0 Å². The first-order valence-electron chi connectivity index (χ1n) is 6.59. The van der Waals surface area contributed by atoms with Gasteiger partial charge in [0.2, 0.25) is 0 Å². The molecule has 104 valence electrons. The Bertz CT molecular complexity index is 523. The average molecular weight is 271 g/mol. The summed E-state index contributed by atoms with van der Waals surface area (Å²) in [6, 6.07) is 0. The van der Waals surface area contributed by atoms with Gasteiger partial charge in [-0.1, -0.05) is 53.7 Å². The predicted octanol–water partition coefficient (Wildman–Crippen LogP) is 3.78. The van der Waals surface area contributed by atoms with Crippen molar-refractivity contribution in [2.24, 2.45) is 15.9 Å². The molecule has 0 atom stereocenters. The van der Waals surface area contributed by atoms with Crippen LogP contribution in [0.4, 0.5) is 0 Å². The van der Waals surface area contributed by atoms with Gasteiger partial charge in [0.25, 0.3) is 0 Å². The van der Waals surface area contributed by atoms with Gasteiger partial charge in [-0.15, -0.1) is 0 Å². The van der Waals surface area contributed by atoms with E-state index in [2.05, 4.69) is 34.3 Å². The molecule has 0 bridgehead atoms. The molecule has 20 heavy (non-hydrogen) atoms. The smallest absolute Gasteiger partial charge is 0.303 e. The summed E-state index contributed by atoms with van der Waals surface area (Å²) in [6.45, 7) is 0.243. The van der Waals surface area contributed by atoms with Crippen LogP contribution < -0.4 is 0 Å². The van der Waals surface area contributed by atoms with E-state index in [1.54, 1.807) is 0 Å². The Balaban J connectivity index is 2.20. The van der Waals surface area contributed by atoms with Gasteiger partial charge >= 0.3 is 5.97 Å². The van der Waals surface area contributed by atoms with E-state index >= 15 is 0 Å². The number of nitrogens with zero attached hydrogens (tertiary/aromatic N) is 3. The number of allylic oxidation sites excluding steroid dienone is 6. The van der Waals surface area contributed by atoms with Gasteiger partial charge in [0.05, 0.1) is 0 Å². The third kappa shape index (κ3) is 3.19. The van der Waals surface area contributed by atoms with Crippen LogP contribution in [-0.4, -0.2) is 17.6 Å². The third-order valence-electron chi connectivity index (χ3n) is 3.73. The molecule has 0 unspecified atom stereocenters. The summed E-state index contributed by atoms with van der Waals surface area (Å²) in [5.74, 6) is -0.843. The summed E-state index contributed by atoms with van der Waals surface area (Å²) in [6.07, 6.45) is 17.9. The van der Waals surface area contributed by atoms with Crippen LogP contribution in [0.3, 0.4) is 0 Å². The van der Waals surface area contributed by atoms with Gasteiger partial charge in [0.15, 0.2) is 0 Å². The van der Waals surface area contributed by atoms with Crippen molar-refractivity contribution in [1.82, 2.24) is 0 Å². The lowest BCUT2D eigenvalue weighted by Crippen LogP contribution is -2.26. The summed E-state index contributed by atoms with van der Waals surface area (Å²) in [5, 5.41) is 12.5. The lowest BCUT2D eigenvalue weighted by atomic mass is 9.71. The van der Waals surface area contributed by atoms with E-state index in [9.17, 15) is 4.79 Å². The van der Waals surface area contributed by atoms with Crippen molar-refractivity contribution < 1.29 is 9.90 Å². The third-order valence-corrected chi connectivity index (χ3v) is 3.73. The molecule has 0 amide bonds. The maximum atomic E-state index is 10.8. The maximum Gasteiger partial charge on any atom is 0.303 e. The first-order valence-corrected chi connectivity index (χ1v) is 6.59. The molecule has 0 radical (unpaired) electrons. The van der Waals surface area contributed by atoms with E-state index in [1.807, 2.05) is 24.3 Å². The lowest BCUT2D eigenvalue weighted by Gasteiger charge is -2.33. The molecule has 0 saturated carbocycles. The Morgan fingerprint density at radius 1 is 1.20 bits per heavy atom. The molecule has 0 aromatic rings. The molecular weight excluding hydrogens is 254 g/mol. The van der Waals surface area contributed by atoms with Crippen molar-refractivity contribution in [2.75, 3.05) is 6.54 Å². The molecule has 0 aliphatic heterocycles. The first kappa shape index (κ1) is 14.2. The van der Waals surface area contributed by atoms with Gasteiger partial charge in [-0.3, -0.25) is 4.79 Å². The maximum absolute atomic E-state index is 10.8. The highest BCUT2D eigenvalue weighted by molar-refractivity contribution is 5.66. The largest absolute Gasteiger partial charge is 0.481 e. The lowest BCUT2D eigenvalue weighted by molar-refractivity contribution is -0.137. The Morgan fingerprint density at radius 3 is 2.40 bits per heavy atom. The fourth-order valence-corrected chi connectivity index (χ4v) is 2.49. The second-order valence-corrected chi connectivity index (χ2v) is 5.22. The molecule has 5 heteroatoms. The van der Waals surface area contributed by atoms with Crippen LogP contribution in [-0.2, 0) is 4.79 Å². The van der Waals surface area contributed by atoms with Gasteiger partial charge in [-0.2, -0.15) is 0 Å². The van der Waals surface area contributed by atoms with Crippen LogP contribution in [0.25, 0.3) is 10.4 Å². The van der Waals surface area contributed by atoms with E-state index in [4.69, 9.17) is 10.6 Å². The number of hydrogen-bond donors (Lipinski definition) is 1. The van der Waals surface area contributed by atoms with Crippen LogP contribution in [0.5, 0.6) is 0 Å². The number of azide groups is 1. The highest BCUT2D eigenvalue weighted by Gasteiger charge is 2.31. The van der Waals surface area contributed by atoms with Crippen molar-refractivity contribution >= 4 is 5.97 Å².